The molecule has 1 aliphatic heterocycles. The number of hydrogen-bond acceptors (Lipinski definition) is 4. The topological polar surface area (TPSA) is 58.6 Å². The molecule has 2 rings (SSSR count). The van der Waals surface area contributed by atoms with Crippen LogP contribution in [-0.2, 0) is 9.53 Å². The van der Waals surface area contributed by atoms with E-state index in [1.165, 1.54) is 0 Å². The molecule has 0 aromatic heterocycles. The van der Waals surface area contributed by atoms with Gasteiger partial charge in [-0.1, -0.05) is 18.2 Å². The van der Waals surface area contributed by atoms with Gasteiger partial charge >= 0.3 is 5.97 Å². The number of carbonyl (C=O) groups is 2. The molecule has 126 valence electrons. The first-order valence-corrected chi connectivity index (χ1v) is 8.13. The number of esters is 1. The molecule has 5 nitrogen and oxygen atoms in total. The largest absolute Gasteiger partial charge is 0.459 e. The van der Waals surface area contributed by atoms with Crippen molar-refractivity contribution in [3.8, 4) is 0 Å². The summed E-state index contributed by atoms with van der Waals surface area (Å²) in [5.74, 6) is -0.222. The lowest BCUT2D eigenvalue weighted by molar-refractivity contribution is -0.156. The summed E-state index contributed by atoms with van der Waals surface area (Å²) < 4.78 is 5.34. The maximum absolute atomic E-state index is 12.1. The molecule has 0 spiro atoms. The average Bonchev–Trinajstić information content (AvgIpc) is 2.48. The van der Waals surface area contributed by atoms with E-state index in [2.05, 4.69) is 10.2 Å². The lowest BCUT2D eigenvalue weighted by Crippen LogP contribution is -2.46. The van der Waals surface area contributed by atoms with Crippen LogP contribution in [0.25, 0.3) is 0 Å². The average molecular weight is 318 g/mol. The monoisotopic (exact) mass is 318 g/mol. The summed E-state index contributed by atoms with van der Waals surface area (Å²) in [6, 6.07) is 9.40. The van der Waals surface area contributed by atoms with Crippen molar-refractivity contribution in [1.29, 1.82) is 0 Å². The van der Waals surface area contributed by atoms with E-state index in [9.17, 15) is 9.59 Å². The molecule has 1 aliphatic rings. The highest BCUT2D eigenvalue weighted by Gasteiger charge is 2.24. The molecule has 1 aromatic carbocycles. The third-order valence-electron chi connectivity index (χ3n) is 3.73. The second-order valence-corrected chi connectivity index (χ2v) is 6.98. The highest BCUT2D eigenvalue weighted by atomic mass is 16.6. The van der Waals surface area contributed by atoms with E-state index in [-0.39, 0.29) is 17.9 Å². The van der Waals surface area contributed by atoms with Crippen LogP contribution in [0.2, 0.25) is 0 Å². The molecule has 5 heteroatoms. The number of likely N-dealkylation sites (tertiary alicyclic amines) is 1. The van der Waals surface area contributed by atoms with Gasteiger partial charge < -0.3 is 10.1 Å². The molecule has 1 aromatic rings. The molecule has 1 fully saturated rings. The predicted molar refractivity (Wildman–Crippen MR) is 89.2 cm³/mol. The molecule has 0 bridgehead atoms. The minimum atomic E-state index is -0.445. The van der Waals surface area contributed by atoms with Crippen LogP contribution in [0.15, 0.2) is 30.3 Å². The van der Waals surface area contributed by atoms with Crippen LogP contribution < -0.4 is 5.32 Å². The quantitative estimate of drug-likeness (QED) is 0.865. The van der Waals surface area contributed by atoms with Gasteiger partial charge in [0.25, 0.3) is 5.91 Å². The maximum atomic E-state index is 12.1. The zero-order valence-electron chi connectivity index (χ0n) is 14.2. The Morgan fingerprint density at radius 2 is 1.78 bits per heavy atom. The number of nitrogens with one attached hydrogen (secondary N) is 1. The Bertz CT molecular complexity index is 529. The standard InChI is InChI=1S/C18H26N2O3/c1-18(2,3)23-16(21)13-20-11-9-15(10-12-20)19-17(22)14-7-5-4-6-8-14/h4-8,15H,9-13H2,1-3H3,(H,19,22). The molecule has 0 unspecified atom stereocenters. The number of carbonyl (C=O) groups excluding carboxylic acids is 2. The summed E-state index contributed by atoms with van der Waals surface area (Å²) in [7, 11) is 0. The zero-order chi connectivity index (χ0) is 16.9. The van der Waals surface area contributed by atoms with Gasteiger partial charge in [0.05, 0.1) is 6.54 Å². The van der Waals surface area contributed by atoms with E-state index < -0.39 is 5.60 Å². The van der Waals surface area contributed by atoms with Crippen molar-refractivity contribution in [2.24, 2.45) is 0 Å². The molecule has 1 amide bonds. The van der Waals surface area contributed by atoms with Crippen LogP contribution in [0.5, 0.6) is 0 Å². The van der Waals surface area contributed by atoms with Gasteiger partial charge in [-0.2, -0.15) is 0 Å². The minimum Gasteiger partial charge on any atom is -0.459 e. The van der Waals surface area contributed by atoms with E-state index in [1.807, 2.05) is 51.1 Å². The summed E-state index contributed by atoms with van der Waals surface area (Å²) in [5.41, 5.74) is 0.239. The van der Waals surface area contributed by atoms with Crippen molar-refractivity contribution < 1.29 is 14.3 Å². The van der Waals surface area contributed by atoms with Crippen molar-refractivity contribution >= 4 is 11.9 Å². The fourth-order valence-corrected chi connectivity index (χ4v) is 2.65. The van der Waals surface area contributed by atoms with Gasteiger partial charge in [-0.25, -0.2) is 0 Å². The number of benzene rings is 1. The summed E-state index contributed by atoms with van der Waals surface area (Å²) in [6.45, 7) is 7.51. The molecule has 23 heavy (non-hydrogen) atoms. The normalized spacial score (nSPS) is 16.8. The van der Waals surface area contributed by atoms with Crippen LogP contribution in [-0.4, -0.2) is 48.1 Å². The van der Waals surface area contributed by atoms with Crippen LogP contribution in [0.3, 0.4) is 0 Å². The van der Waals surface area contributed by atoms with Gasteiger partial charge in [0.1, 0.15) is 5.60 Å². The molecule has 1 N–H and O–H groups in total. The van der Waals surface area contributed by atoms with Crippen LogP contribution >= 0.6 is 0 Å². The highest BCUT2D eigenvalue weighted by molar-refractivity contribution is 5.94. The van der Waals surface area contributed by atoms with Crippen LogP contribution in [0.1, 0.15) is 44.0 Å². The Morgan fingerprint density at radius 1 is 1.17 bits per heavy atom. The van der Waals surface area contributed by atoms with E-state index in [4.69, 9.17) is 4.74 Å². The molecular weight excluding hydrogens is 292 g/mol. The second-order valence-electron chi connectivity index (χ2n) is 6.98. The van der Waals surface area contributed by atoms with Gasteiger partial charge in [-0.05, 0) is 45.7 Å². The Kier molecular flexibility index (Phi) is 5.77. The molecule has 1 saturated heterocycles. The Morgan fingerprint density at radius 3 is 2.35 bits per heavy atom. The Balaban J connectivity index is 1.74. The molecule has 0 aliphatic carbocycles. The number of ether oxygens (including phenoxy) is 1. The highest BCUT2D eigenvalue weighted by Crippen LogP contribution is 2.13. The first-order chi connectivity index (χ1) is 10.8. The number of rotatable bonds is 4. The summed E-state index contributed by atoms with van der Waals surface area (Å²) in [6.07, 6.45) is 1.70. The van der Waals surface area contributed by atoms with Crippen molar-refractivity contribution in [3.63, 3.8) is 0 Å². The first kappa shape index (κ1) is 17.5. The molecule has 0 atom stereocenters. The van der Waals surface area contributed by atoms with Gasteiger partial charge in [-0.15, -0.1) is 0 Å². The summed E-state index contributed by atoms with van der Waals surface area (Å²) in [4.78, 5) is 26.1. The number of hydrogen-bond donors (Lipinski definition) is 1. The van der Waals surface area contributed by atoms with Crippen LogP contribution in [0.4, 0.5) is 0 Å². The molecule has 0 radical (unpaired) electrons. The minimum absolute atomic E-state index is 0.0313. The van der Waals surface area contributed by atoms with E-state index in [1.54, 1.807) is 0 Å². The van der Waals surface area contributed by atoms with Crippen molar-refractivity contribution in [1.82, 2.24) is 10.2 Å². The molecule has 1 heterocycles. The third kappa shape index (κ3) is 6.02. The first-order valence-electron chi connectivity index (χ1n) is 8.13. The maximum Gasteiger partial charge on any atom is 0.320 e. The number of nitrogens with zero attached hydrogens (tertiary/aromatic N) is 1. The third-order valence-corrected chi connectivity index (χ3v) is 3.73. The second kappa shape index (κ2) is 7.59. The number of piperidine rings is 1. The molecule has 0 saturated carbocycles. The Labute approximate surface area is 138 Å². The Hall–Kier alpha value is -1.88. The van der Waals surface area contributed by atoms with E-state index >= 15 is 0 Å². The van der Waals surface area contributed by atoms with Crippen molar-refractivity contribution in [2.45, 2.75) is 45.3 Å². The lowest BCUT2D eigenvalue weighted by atomic mass is 10.0. The van der Waals surface area contributed by atoms with Gasteiger partial charge in [0, 0.05) is 24.7 Å². The summed E-state index contributed by atoms with van der Waals surface area (Å²) >= 11 is 0. The van der Waals surface area contributed by atoms with Crippen molar-refractivity contribution in [2.75, 3.05) is 19.6 Å². The SMILES string of the molecule is CC(C)(C)OC(=O)CN1CCC(NC(=O)c2ccccc2)CC1. The molecular formula is C18H26N2O3. The van der Waals surface area contributed by atoms with Crippen molar-refractivity contribution in [3.05, 3.63) is 35.9 Å². The van der Waals surface area contributed by atoms with Crippen LogP contribution in [0, 0.1) is 0 Å². The van der Waals surface area contributed by atoms with E-state index in [0.717, 1.165) is 25.9 Å². The fraction of sp³-hybridized carbons (Fsp3) is 0.556. The van der Waals surface area contributed by atoms with E-state index in [0.29, 0.717) is 12.1 Å². The number of amides is 1. The lowest BCUT2D eigenvalue weighted by Gasteiger charge is -2.32. The van der Waals surface area contributed by atoms with Gasteiger partial charge in [0.15, 0.2) is 0 Å². The predicted octanol–water partition coefficient (Wildman–Crippen LogP) is 2.22. The smallest absolute Gasteiger partial charge is 0.320 e. The van der Waals surface area contributed by atoms with Gasteiger partial charge in [0.2, 0.25) is 0 Å². The fourth-order valence-electron chi connectivity index (χ4n) is 2.65. The zero-order valence-corrected chi connectivity index (χ0v) is 14.2. The summed E-state index contributed by atoms with van der Waals surface area (Å²) in [5, 5.41) is 3.07. The van der Waals surface area contributed by atoms with Gasteiger partial charge in [-0.3, -0.25) is 14.5 Å².